The Morgan fingerprint density at radius 3 is 2.30 bits per heavy atom. The Kier molecular flexibility index (Phi) is 5.27. The van der Waals surface area contributed by atoms with Gasteiger partial charge in [0.25, 0.3) is 0 Å². The second kappa shape index (κ2) is 6.59. The molecule has 1 aliphatic carbocycles. The minimum Gasteiger partial charge on any atom is -0.392 e. The van der Waals surface area contributed by atoms with E-state index in [1.54, 1.807) is 0 Å². The molecule has 0 saturated heterocycles. The van der Waals surface area contributed by atoms with Crippen LogP contribution in [0.2, 0.25) is 0 Å². The molecular weight excluding hydrogens is 316 g/mol. The molecule has 3 heteroatoms. The van der Waals surface area contributed by atoms with E-state index in [9.17, 15) is 10.2 Å². The molecule has 2 nitrogen and oxygen atoms in total. The van der Waals surface area contributed by atoms with Crippen molar-refractivity contribution >= 4 is 15.9 Å². The lowest BCUT2D eigenvalue weighted by atomic mass is 9.66. The fourth-order valence-corrected chi connectivity index (χ4v) is 3.81. The van der Waals surface area contributed by atoms with Crippen molar-refractivity contribution in [2.75, 3.05) is 0 Å². The summed E-state index contributed by atoms with van der Waals surface area (Å²) < 4.78 is 1.01. The largest absolute Gasteiger partial charge is 0.392 e. The quantitative estimate of drug-likeness (QED) is 0.867. The Morgan fingerprint density at radius 2 is 1.75 bits per heavy atom. The first-order chi connectivity index (χ1) is 9.41. The van der Waals surface area contributed by atoms with E-state index < -0.39 is 12.2 Å². The first-order valence-corrected chi connectivity index (χ1v) is 8.32. The second-order valence-corrected chi connectivity index (χ2v) is 7.44. The van der Waals surface area contributed by atoms with Gasteiger partial charge in [-0.1, -0.05) is 48.8 Å². The highest BCUT2D eigenvalue weighted by atomic mass is 79.9. The zero-order chi connectivity index (χ0) is 14.9. The van der Waals surface area contributed by atoms with Gasteiger partial charge in [0, 0.05) is 10.4 Å². The number of aliphatic hydroxyl groups is 2. The average molecular weight is 341 g/mol. The van der Waals surface area contributed by atoms with E-state index in [2.05, 4.69) is 36.7 Å². The Hall–Kier alpha value is -0.380. The lowest BCUT2D eigenvalue weighted by molar-refractivity contribution is -0.0822. The van der Waals surface area contributed by atoms with Crippen LogP contribution in [0.4, 0.5) is 0 Å². The van der Waals surface area contributed by atoms with Crippen molar-refractivity contribution in [1.29, 1.82) is 0 Å². The van der Waals surface area contributed by atoms with Gasteiger partial charge < -0.3 is 10.2 Å². The molecule has 0 bridgehead atoms. The Bertz CT molecular complexity index is 429. The molecule has 0 aromatic heterocycles. The van der Waals surface area contributed by atoms with Crippen molar-refractivity contribution in [3.8, 4) is 0 Å². The molecule has 0 aliphatic heterocycles. The molecule has 0 radical (unpaired) electrons. The lowest BCUT2D eigenvalue weighted by Crippen LogP contribution is -2.43. The summed E-state index contributed by atoms with van der Waals surface area (Å²) in [6, 6.07) is 7.76. The average Bonchev–Trinajstić information content (AvgIpc) is 2.38. The molecular formula is C17H25BrO2. The summed E-state index contributed by atoms with van der Waals surface area (Å²) in [5.41, 5.74) is 0.897. The number of aliphatic hydroxyl groups excluding tert-OH is 2. The fraction of sp³-hybridized carbons (Fsp3) is 0.647. The molecule has 0 heterocycles. The topological polar surface area (TPSA) is 40.5 Å². The van der Waals surface area contributed by atoms with Crippen molar-refractivity contribution < 1.29 is 10.2 Å². The van der Waals surface area contributed by atoms with E-state index in [0.717, 1.165) is 22.9 Å². The molecule has 1 fully saturated rings. The number of hydrogen-bond donors (Lipinski definition) is 2. The van der Waals surface area contributed by atoms with Crippen molar-refractivity contribution in [2.24, 2.45) is 23.7 Å². The predicted octanol–water partition coefficient (Wildman–Crippen LogP) is 4.16. The standard InChI is InChI=1S/C17H25BrO2/c1-10(2)14-9-4-11(3)15(17(14)20)16(19)12-5-7-13(18)8-6-12/h5-8,10-11,14-17,19-20H,4,9H2,1-3H3/t11-,14-,15+,16?,17?/m1/s1. The van der Waals surface area contributed by atoms with E-state index in [1.807, 2.05) is 24.3 Å². The van der Waals surface area contributed by atoms with E-state index >= 15 is 0 Å². The van der Waals surface area contributed by atoms with E-state index in [1.165, 1.54) is 0 Å². The Balaban J connectivity index is 2.21. The normalized spacial score (nSPS) is 32.4. The van der Waals surface area contributed by atoms with Gasteiger partial charge in [0.15, 0.2) is 0 Å². The van der Waals surface area contributed by atoms with Crippen molar-refractivity contribution in [3.05, 3.63) is 34.3 Å². The summed E-state index contributed by atoms with van der Waals surface area (Å²) in [4.78, 5) is 0. The van der Waals surface area contributed by atoms with Crippen LogP contribution in [0.25, 0.3) is 0 Å². The van der Waals surface area contributed by atoms with Gasteiger partial charge in [0.1, 0.15) is 0 Å². The van der Waals surface area contributed by atoms with Crippen LogP contribution in [-0.2, 0) is 0 Å². The van der Waals surface area contributed by atoms with Gasteiger partial charge in [-0.25, -0.2) is 0 Å². The van der Waals surface area contributed by atoms with Crippen LogP contribution in [-0.4, -0.2) is 16.3 Å². The molecule has 2 unspecified atom stereocenters. The molecule has 20 heavy (non-hydrogen) atoms. The highest BCUT2D eigenvalue weighted by Gasteiger charge is 2.41. The summed E-state index contributed by atoms with van der Waals surface area (Å²) in [7, 11) is 0. The minimum atomic E-state index is -0.588. The summed E-state index contributed by atoms with van der Waals surface area (Å²) in [5, 5.41) is 21.4. The summed E-state index contributed by atoms with van der Waals surface area (Å²) in [6.07, 6.45) is 1.13. The maximum atomic E-state index is 10.7. The van der Waals surface area contributed by atoms with Crippen LogP contribution in [0.1, 0.15) is 45.3 Å². The summed E-state index contributed by atoms with van der Waals surface area (Å²) >= 11 is 3.41. The molecule has 2 rings (SSSR count). The van der Waals surface area contributed by atoms with Gasteiger partial charge in [-0.3, -0.25) is 0 Å². The van der Waals surface area contributed by atoms with Crippen LogP contribution in [0.5, 0.6) is 0 Å². The van der Waals surface area contributed by atoms with Gasteiger partial charge >= 0.3 is 0 Å². The van der Waals surface area contributed by atoms with E-state index in [0.29, 0.717) is 17.8 Å². The first kappa shape index (κ1) is 16.0. The number of benzene rings is 1. The van der Waals surface area contributed by atoms with Gasteiger partial charge in [-0.2, -0.15) is 0 Å². The number of halogens is 1. The predicted molar refractivity (Wildman–Crippen MR) is 85.3 cm³/mol. The SMILES string of the molecule is CC(C)[C@H]1CC[C@@H](C)[C@@H](C(O)c2ccc(Br)cc2)C1O. The second-order valence-electron chi connectivity index (χ2n) is 6.53. The molecule has 2 N–H and O–H groups in total. The van der Waals surface area contributed by atoms with Crippen LogP contribution in [0.3, 0.4) is 0 Å². The maximum Gasteiger partial charge on any atom is 0.0845 e. The molecule has 0 spiro atoms. The van der Waals surface area contributed by atoms with Gasteiger partial charge in [-0.05, 0) is 48.3 Å². The molecule has 1 saturated carbocycles. The van der Waals surface area contributed by atoms with E-state index in [-0.39, 0.29) is 5.92 Å². The van der Waals surface area contributed by atoms with Crippen molar-refractivity contribution in [1.82, 2.24) is 0 Å². The third kappa shape index (κ3) is 3.26. The van der Waals surface area contributed by atoms with Crippen molar-refractivity contribution in [2.45, 2.75) is 45.8 Å². The number of rotatable bonds is 3. The highest BCUT2D eigenvalue weighted by molar-refractivity contribution is 9.10. The van der Waals surface area contributed by atoms with Crippen LogP contribution < -0.4 is 0 Å². The third-order valence-corrected chi connectivity index (χ3v) is 5.41. The number of hydrogen-bond acceptors (Lipinski definition) is 2. The first-order valence-electron chi connectivity index (χ1n) is 7.53. The van der Waals surface area contributed by atoms with Gasteiger partial charge in [0.05, 0.1) is 12.2 Å². The molecule has 0 amide bonds. The zero-order valence-electron chi connectivity index (χ0n) is 12.5. The summed E-state index contributed by atoms with van der Waals surface area (Å²) in [6.45, 7) is 6.46. The monoisotopic (exact) mass is 340 g/mol. The zero-order valence-corrected chi connectivity index (χ0v) is 14.0. The molecule has 1 aromatic rings. The third-order valence-electron chi connectivity index (χ3n) is 4.88. The van der Waals surface area contributed by atoms with E-state index in [4.69, 9.17) is 0 Å². The van der Waals surface area contributed by atoms with Gasteiger partial charge in [0.2, 0.25) is 0 Å². The Morgan fingerprint density at radius 1 is 1.15 bits per heavy atom. The molecule has 1 aromatic carbocycles. The van der Waals surface area contributed by atoms with Crippen LogP contribution in [0, 0.1) is 23.7 Å². The maximum absolute atomic E-state index is 10.7. The lowest BCUT2D eigenvalue weighted by Gasteiger charge is -2.43. The van der Waals surface area contributed by atoms with Crippen LogP contribution in [0.15, 0.2) is 28.7 Å². The summed E-state index contributed by atoms with van der Waals surface area (Å²) in [5.74, 6) is 1.02. The minimum absolute atomic E-state index is 0.0719. The van der Waals surface area contributed by atoms with Crippen molar-refractivity contribution in [3.63, 3.8) is 0 Å². The highest BCUT2D eigenvalue weighted by Crippen LogP contribution is 2.43. The molecule has 112 valence electrons. The molecule has 5 atom stereocenters. The van der Waals surface area contributed by atoms with Crippen LogP contribution >= 0.6 is 15.9 Å². The fourth-order valence-electron chi connectivity index (χ4n) is 3.55. The smallest absolute Gasteiger partial charge is 0.0845 e. The Labute approximate surface area is 130 Å². The molecule has 1 aliphatic rings. The van der Waals surface area contributed by atoms with Gasteiger partial charge in [-0.15, -0.1) is 0 Å².